The van der Waals surface area contributed by atoms with Gasteiger partial charge < -0.3 is 14.8 Å². The van der Waals surface area contributed by atoms with Crippen LogP contribution in [-0.2, 0) is 0 Å². The number of hydrogen-bond acceptors (Lipinski definition) is 3. The van der Waals surface area contributed by atoms with Gasteiger partial charge in [-0.1, -0.05) is 24.9 Å². The fraction of sp³-hybridized carbons (Fsp3) is 0.600. The first-order chi connectivity index (χ1) is 9.22. The predicted molar refractivity (Wildman–Crippen MR) is 78.3 cm³/mol. The lowest BCUT2D eigenvalue weighted by Crippen LogP contribution is -2.32. The lowest BCUT2D eigenvalue weighted by atomic mass is 9.77. The highest BCUT2D eigenvalue weighted by atomic mass is 35.5. The van der Waals surface area contributed by atoms with Gasteiger partial charge in [0.25, 0.3) is 0 Å². The van der Waals surface area contributed by atoms with E-state index >= 15 is 0 Å². The Hall–Kier alpha value is -0.930. The number of benzene rings is 1. The molecule has 1 aliphatic carbocycles. The first-order valence-corrected chi connectivity index (χ1v) is 7.24. The minimum absolute atomic E-state index is 0.317. The van der Waals surface area contributed by atoms with Gasteiger partial charge in [0, 0.05) is 11.6 Å². The van der Waals surface area contributed by atoms with E-state index in [1.54, 1.807) is 14.2 Å². The van der Waals surface area contributed by atoms with Crippen LogP contribution in [0.25, 0.3) is 0 Å². The van der Waals surface area contributed by atoms with Crippen LogP contribution in [0.1, 0.15) is 37.8 Å². The van der Waals surface area contributed by atoms with E-state index in [2.05, 4.69) is 18.3 Å². The predicted octanol–water partition coefficient (Wildman–Crippen LogP) is 3.81. The topological polar surface area (TPSA) is 30.5 Å². The van der Waals surface area contributed by atoms with Gasteiger partial charge in [0.05, 0.1) is 14.2 Å². The van der Waals surface area contributed by atoms with Crippen LogP contribution < -0.4 is 14.8 Å². The van der Waals surface area contributed by atoms with Crippen LogP contribution in [-0.4, -0.2) is 20.8 Å². The summed E-state index contributed by atoms with van der Waals surface area (Å²) in [6.07, 6.45) is 3.85. The van der Waals surface area contributed by atoms with E-state index in [1.807, 2.05) is 6.07 Å². The molecule has 1 saturated carbocycles. The number of methoxy groups -OCH3 is 2. The maximum atomic E-state index is 6.35. The molecule has 3 nitrogen and oxygen atoms in total. The number of rotatable bonds is 6. The second-order valence-corrected chi connectivity index (χ2v) is 5.31. The van der Waals surface area contributed by atoms with Crippen molar-refractivity contribution in [3.8, 4) is 11.5 Å². The highest BCUT2D eigenvalue weighted by molar-refractivity contribution is 6.33. The summed E-state index contributed by atoms with van der Waals surface area (Å²) < 4.78 is 10.8. The molecule has 0 saturated heterocycles. The van der Waals surface area contributed by atoms with Crippen molar-refractivity contribution in [1.29, 1.82) is 0 Å². The smallest absolute Gasteiger partial charge is 0.146 e. The van der Waals surface area contributed by atoms with Gasteiger partial charge in [-0.3, -0.25) is 0 Å². The summed E-state index contributed by atoms with van der Waals surface area (Å²) in [5.41, 5.74) is 1.14. The summed E-state index contributed by atoms with van der Waals surface area (Å²) in [5.74, 6) is 2.07. The summed E-state index contributed by atoms with van der Waals surface area (Å²) in [6, 6.07) is 4.30. The molecule has 19 heavy (non-hydrogen) atoms. The second-order valence-electron chi connectivity index (χ2n) is 4.93. The lowest BCUT2D eigenvalue weighted by molar-refractivity contribution is 0.228. The minimum Gasteiger partial charge on any atom is -0.495 e. The van der Waals surface area contributed by atoms with Crippen LogP contribution in [0.2, 0.25) is 5.02 Å². The number of hydrogen-bond donors (Lipinski definition) is 1. The second kappa shape index (κ2) is 6.49. The average Bonchev–Trinajstić information content (AvgIpc) is 2.35. The molecule has 1 aromatic rings. The minimum atomic E-state index is 0.317. The summed E-state index contributed by atoms with van der Waals surface area (Å²) in [7, 11) is 3.28. The quantitative estimate of drug-likeness (QED) is 0.861. The van der Waals surface area contributed by atoms with Gasteiger partial charge in [-0.15, -0.1) is 0 Å². The van der Waals surface area contributed by atoms with Crippen molar-refractivity contribution in [2.24, 2.45) is 5.92 Å². The fourth-order valence-corrected chi connectivity index (χ4v) is 3.01. The van der Waals surface area contributed by atoms with Gasteiger partial charge in [-0.05, 0) is 37.4 Å². The van der Waals surface area contributed by atoms with Gasteiger partial charge in [-0.2, -0.15) is 0 Å². The zero-order valence-electron chi connectivity index (χ0n) is 11.8. The molecule has 106 valence electrons. The SMILES string of the molecule is CCNC(c1ccc(OC)c(Cl)c1OC)C1CCC1. The molecule has 0 radical (unpaired) electrons. The van der Waals surface area contributed by atoms with Crippen LogP contribution >= 0.6 is 11.6 Å². The van der Waals surface area contributed by atoms with Gasteiger partial charge in [0.1, 0.15) is 16.5 Å². The molecule has 1 aromatic carbocycles. The largest absolute Gasteiger partial charge is 0.495 e. The van der Waals surface area contributed by atoms with Gasteiger partial charge >= 0.3 is 0 Å². The van der Waals surface area contributed by atoms with Crippen LogP contribution in [0, 0.1) is 5.92 Å². The number of nitrogens with one attached hydrogen (secondary N) is 1. The third-order valence-corrected chi connectivity index (χ3v) is 4.25. The Labute approximate surface area is 120 Å². The fourth-order valence-electron chi connectivity index (χ4n) is 2.69. The van der Waals surface area contributed by atoms with Crippen molar-refractivity contribution in [2.75, 3.05) is 20.8 Å². The Morgan fingerprint density at radius 1 is 1.32 bits per heavy atom. The van der Waals surface area contributed by atoms with Crippen LogP contribution in [0.4, 0.5) is 0 Å². The number of ether oxygens (including phenoxy) is 2. The highest BCUT2D eigenvalue weighted by Crippen LogP contribution is 2.45. The van der Waals surface area contributed by atoms with Crippen molar-refractivity contribution in [3.63, 3.8) is 0 Å². The Morgan fingerprint density at radius 2 is 2.05 bits per heavy atom. The van der Waals surface area contributed by atoms with E-state index in [9.17, 15) is 0 Å². The maximum absolute atomic E-state index is 6.35. The third kappa shape index (κ3) is 2.82. The van der Waals surface area contributed by atoms with Crippen molar-refractivity contribution < 1.29 is 9.47 Å². The molecule has 0 heterocycles. The lowest BCUT2D eigenvalue weighted by Gasteiger charge is -2.35. The molecule has 2 rings (SSSR count). The van der Waals surface area contributed by atoms with Crippen LogP contribution in [0.5, 0.6) is 11.5 Å². The van der Waals surface area contributed by atoms with E-state index < -0.39 is 0 Å². The van der Waals surface area contributed by atoms with E-state index in [0.717, 1.165) is 17.9 Å². The van der Waals surface area contributed by atoms with E-state index in [1.165, 1.54) is 19.3 Å². The molecule has 1 atom stereocenters. The Bertz CT molecular complexity index is 432. The van der Waals surface area contributed by atoms with Crippen molar-refractivity contribution in [1.82, 2.24) is 5.32 Å². The maximum Gasteiger partial charge on any atom is 0.146 e. The summed E-state index contributed by atoms with van der Waals surface area (Å²) in [4.78, 5) is 0. The summed E-state index contributed by atoms with van der Waals surface area (Å²) >= 11 is 6.35. The summed E-state index contributed by atoms with van der Waals surface area (Å²) in [6.45, 7) is 3.07. The van der Waals surface area contributed by atoms with Gasteiger partial charge in [0.15, 0.2) is 0 Å². The first-order valence-electron chi connectivity index (χ1n) is 6.86. The molecule has 1 aliphatic rings. The average molecular weight is 284 g/mol. The molecule has 1 unspecified atom stereocenters. The Kier molecular flexibility index (Phi) is 4.94. The Morgan fingerprint density at radius 3 is 2.53 bits per heavy atom. The first kappa shape index (κ1) is 14.5. The molecule has 1 fully saturated rings. The normalized spacial score (nSPS) is 16.8. The molecule has 0 spiro atoms. The van der Waals surface area contributed by atoms with E-state index in [0.29, 0.717) is 22.7 Å². The van der Waals surface area contributed by atoms with Crippen LogP contribution in [0.15, 0.2) is 12.1 Å². The van der Waals surface area contributed by atoms with Crippen molar-refractivity contribution in [3.05, 3.63) is 22.7 Å². The molecular weight excluding hydrogens is 262 g/mol. The van der Waals surface area contributed by atoms with E-state index in [-0.39, 0.29) is 0 Å². The third-order valence-electron chi connectivity index (χ3n) is 3.90. The van der Waals surface area contributed by atoms with Gasteiger partial charge in [-0.25, -0.2) is 0 Å². The van der Waals surface area contributed by atoms with Crippen molar-refractivity contribution >= 4 is 11.6 Å². The van der Waals surface area contributed by atoms with Crippen molar-refractivity contribution in [2.45, 2.75) is 32.2 Å². The molecular formula is C15H22ClNO2. The zero-order chi connectivity index (χ0) is 13.8. The molecule has 4 heteroatoms. The highest BCUT2D eigenvalue weighted by Gasteiger charge is 2.31. The standard InChI is InChI=1S/C15H22ClNO2/c1-4-17-14(10-6-5-7-10)11-8-9-12(18-2)13(16)15(11)19-3/h8-10,14,17H,4-7H2,1-3H3. The summed E-state index contributed by atoms with van der Waals surface area (Å²) in [5, 5.41) is 4.12. The number of halogens is 1. The monoisotopic (exact) mass is 283 g/mol. The zero-order valence-corrected chi connectivity index (χ0v) is 12.6. The van der Waals surface area contributed by atoms with Gasteiger partial charge in [0.2, 0.25) is 0 Å². The molecule has 0 aromatic heterocycles. The molecule has 0 amide bonds. The Balaban J connectivity index is 2.37. The molecule has 0 aliphatic heterocycles. The van der Waals surface area contributed by atoms with Crippen LogP contribution in [0.3, 0.4) is 0 Å². The molecule has 0 bridgehead atoms. The van der Waals surface area contributed by atoms with E-state index in [4.69, 9.17) is 21.1 Å². The molecule has 1 N–H and O–H groups in total.